The number of hydrogen-bond acceptors (Lipinski definition) is 2. The van der Waals surface area contributed by atoms with Crippen LogP contribution in [0.25, 0.3) is 0 Å². The highest BCUT2D eigenvalue weighted by Crippen LogP contribution is 2.33. The van der Waals surface area contributed by atoms with Crippen LogP contribution in [-0.4, -0.2) is 13.1 Å². The van der Waals surface area contributed by atoms with Gasteiger partial charge in [0, 0.05) is 13.1 Å². The van der Waals surface area contributed by atoms with Crippen molar-refractivity contribution in [2.24, 2.45) is 11.8 Å². The average Bonchev–Trinajstić information content (AvgIpc) is 2.58. The number of nitrogen functional groups attached to an aromatic ring is 1. The summed E-state index contributed by atoms with van der Waals surface area (Å²) in [5.74, 6) is 1.62. The number of nitrogens with two attached hydrogens (primary N) is 1. The van der Waals surface area contributed by atoms with Gasteiger partial charge in [-0.05, 0) is 43.2 Å². The number of rotatable bonds is 2. The van der Waals surface area contributed by atoms with Crippen molar-refractivity contribution in [3.8, 4) is 0 Å². The molecule has 1 aromatic carbocycles. The Bertz CT molecular complexity index is 403. The van der Waals surface area contributed by atoms with Crippen LogP contribution in [0.5, 0.6) is 0 Å². The molecule has 100 valence electrons. The minimum atomic E-state index is 0.664. The average molecular weight is 267 g/mol. The van der Waals surface area contributed by atoms with Crippen molar-refractivity contribution in [2.45, 2.75) is 33.1 Å². The molecular formula is C15H23ClN2. The number of para-hydroxylation sites is 1. The summed E-state index contributed by atoms with van der Waals surface area (Å²) in [5.41, 5.74) is 7.91. The molecular weight excluding hydrogens is 244 g/mol. The number of halogens is 1. The lowest BCUT2D eigenvalue weighted by atomic mass is 9.89. The van der Waals surface area contributed by atoms with Gasteiger partial charge in [-0.15, -0.1) is 0 Å². The Balaban J connectivity index is 2.12. The van der Waals surface area contributed by atoms with Gasteiger partial charge in [0.25, 0.3) is 0 Å². The quantitative estimate of drug-likeness (QED) is 0.814. The van der Waals surface area contributed by atoms with Gasteiger partial charge in [0.1, 0.15) is 0 Å². The zero-order chi connectivity index (χ0) is 13.1. The minimum Gasteiger partial charge on any atom is -0.396 e. The summed E-state index contributed by atoms with van der Waals surface area (Å²) in [6.45, 7) is 6.84. The SMILES string of the molecule is CC(C)C1CCCN(c2cccc(Cl)c2N)CC1. The van der Waals surface area contributed by atoms with E-state index in [0.717, 1.165) is 36.3 Å². The van der Waals surface area contributed by atoms with E-state index >= 15 is 0 Å². The van der Waals surface area contributed by atoms with E-state index in [0.29, 0.717) is 5.02 Å². The lowest BCUT2D eigenvalue weighted by Gasteiger charge is -2.25. The van der Waals surface area contributed by atoms with Crippen LogP contribution in [-0.2, 0) is 0 Å². The second-order valence-corrected chi connectivity index (χ2v) is 6.00. The van der Waals surface area contributed by atoms with Gasteiger partial charge in [-0.1, -0.05) is 31.5 Å². The molecule has 0 aliphatic carbocycles. The molecule has 2 nitrogen and oxygen atoms in total. The molecule has 1 fully saturated rings. The molecule has 1 heterocycles. The van der Waals surface area contributed by atoms with Crippen LogP contribution >= 0.6 is 11.6 Å². The summed E-state index contributed by atoms with van der Waals surface area (Å²) in [7, 11) is 0. The van der Waals surface area contributed by atoms with Crippen LogP contribution in [0.1, 0.15) is 33.1 Å². The molecule has 1 aliphatic rings. The summed E-state index contributed by atoms with van der Waals surface area (Å²) >= 11 is 6.10. The highest BCUT2D eigenvalue weighted by molar-refractivity contribution is 6.33. The third-order valence-corrected chi connectivity index (χ3v) is 4.42. The summed E-state index contributed by atoms with van der Waals surface area (Å²) in [6, 6.07) is 5.92. The maximum atomic E-state index is 6.10. The van der Waals surface area contributed by atoms with E-state index < -0.39 is 0 Å². The van der Waals surface area contributed by atoms with Gasteiger partial charge in [0.15, 0.2) is 0 Å². The molecule has 0 aromatic heterocycles. The van der Waals surface area contributed by atoms with E-state index in [1.165, 1.54) is 19.3 Å². The van der Waals surface area contributed by atoms with Crippen LogP contribution in [0.15, 0.2) is 18.2 Å². The molecule has 2 N–H and O–H groups in total. The molecule has 1 atom stereocenters. The molecule has 3 heteroatoms. The molecule has 1 aliphatic heterocycles. The van der Waals surface area contributed by atoms with Crippen molar-refractivity contribution in [3.05, 3.63) is 23.2 Å². The second kappa shape index (κ2) is 5.83. The zero-order valence-corrected chi connectivity index (χ0v) is 12.1. The van der Waals surface area contributed by atoms with Crippen molar-refractivity contribution in [3.63, 3.8) is 0 Å². The molecule has 0 radical (unpaired) electrons. The fourth-order valence-electron chi connectivity index (χ4n) is 2.83. The zero-order valence-electron chi connectivity index (χ0n) is 11.3. The van der Waals surface area contributed by atoms with Crippen LogP contribution < -0.4 is 10.6 Å². The molecule has 0 bridgehead atoms. The first-order valence-corrected chi connectivity index (χ1v) is 7.26. The second-order valence-electron chi connectivity index (χ2n) is 5.59. The molecule has 0 spiro atoms. The lowest BCUT2D eigenvalue weighted by molar-refractivity contribution is 0.351. The third kappa shape index (κ3) is 2.92. The Kier molecular flexibility index (Phi) is 4.39. The fourth-order valence-corrected chi connectivity index (χ4v) is 3.00. The highest BCUT2D eigenvalue weighted by Gasteiger charge is 2.20. The molecule has 1 aromatic rings. The standard InChI is InChI=1S/C15H23ClN2/c1-11(2)12-5-4-9-18(10-8-12)14-7-3-6-13(16)15(14)17/h3,6-7,11-12H,4-5,8-10,17H2,1-2H3. The van der Waals surface area contributed by atoms with Gasteiger partial charge >= 0.3 is 0 Å². The molecule has 1 unspecified atom stereocenters. The van der Waals surface area contributed by atoms with Crippen LogP contribution in [0, 0.1) is 11.8 Å². The van der Waals surface area contributed by atoms with Crippen molar-refractivity contribution in [1.29, 1.82) is 0 Å². The number of hydrogen-bond donors (Lipinski definition) is 1. The van der Waals surface area contributed by atoms with E-state index in [-0.39, 0.29) is 0 Å². The first-order valence-electron chi connectivity index (χ1n) is 6.88. The predicted molar refractivity (Wildman–Crippen MR) is 80.3 cm³/mol. The molecule has 1 saturated heterocycles. The van der Waals surface area contributed by atoms with Gasteiger partial charge in [0.2, 0.25) is 0 Å². The number of nitrogens with zero attached hydrogens (tertiary/aromatic N) is 1. The van der Waals surface area contributed by atoms with Gasteiger partial charge in [-0.2, -0.15) is 0 Å². The molecule has 18 heavy (non-hydrogen) atoms. The van der Waals surface area contributed by atoms with E-state index in [1.807, 2.05) is 12.1 Å². The Hall–Kier alpha value is -0.890. The highest BCUT2D eigenvalue weighted by atomic mass is 35.5. The Morgan fingerprint density at radius 3 is 2.78 bits per heavy atom. The summed E-state index contributed by atoms with van der Waals surface area (Å²) < 4.78 is 0. The Morgan fingerprint density at radius 2 is 2.06 bits per heavy atom. The van der Waals surface area contributed by atoms with Gasteiger partial charge in [-0.3, -0.25) is 0 Å². The third-order valence-electron chi connectivity index (χ3n) is 4.09. The number of benzene rings is 1. The summed E-state index contributed by atoms with van der Waals surface area (Å²) in [5, 5.41) is 0.664. The topological polar surface area (TPSA) is 29.3 Å². The first-order chi connectivity index (χ1) is 8.59. The fraction of sp³-hybridized carbons (Fsp3) is 0.600. The molecule has 0 amide bonds. The largest absolute Gasteiger partial charge is 0.396 e. The van der Waals surface area contributed by atoms with Crippen molar-refractivity contribution in [2.75, 3.05) is 23.7 Å². The van der Waals surface area contributed by atoms with Crippen molar-refractivity contribution < 1.29 is 0 Å². The Labute approximate surface area is 115 Å². The van der Waals surface area contributed by atoms with E-state index in [1.54, 1.807) is 0 Å². The van der Waals surface area contributed by atoms with Gasteiger partial charge in [-0.25, -0.2) is 0 Å². The van der Waals surface area contributed by atoms with Gasteiger partial charge < -0.3 is 10.6 Å². The van der Waals surface area contributed by atoms with Crippen LogP contribution in [0.3, 0.4) is 0 Å². The van der Waals surface area contributed by atoms with Crippen LogP contribution in [0.4, 0.5) is 11.4 Å². The smallest absolute Gasteiger partial charge is 0.0741 e. The number of anilines is 2. The maximum absolute atomic E-state index is 6.10. The van der Waals surface area contributed by atoms with Gasteiger partial charge in [0.05, 0.1) is 16.4 Å². The monoisotopic (exact) mass is 266 g/mol. The van der Waals surface area contributed by atoms with Crippen molar-refractivity contribution >= 4 is 23.0 Å². The first kappa shape index (κ1) is 13.5. The summed E-state index contributed by atoms with van der Waals surface area (Å²) in [6.07, 6.45) is 3.83. The van der Waals surface area contributed by atoms with E-state index in [2.05, 4.69) is 24.8 Å². The molecule has 2 rings (SSSR count). The molecule has 0 saturated carbocycles. The van der Waals surface area contributed by atoms with E-state index in [9.17, 15) is 0 Å². The van der Waals surface area contributed by atoms with E-state index in [4.69, 9.17) is 17.3 Å². The normalized spacial score (nSPS) is 21.1. The predicted octanol–water partition coefficient (Wildman–Crippen LogP) is 4.18. The van der Waals surface area contributed by atoms with Crippen molar-refractivity contribution in [1.82, 2.24) is 0 Å². The van der Waals surface area contributed by atoms with Crippen LogP contribution in [0.2, 0.25) is 5.02 Å². The Morgan fingerprint density at radius 1 is 1.28 bits per heavy atom. The lowest BCUT2D eigenvalue weighted by Crippen LogP contribution is -2.25. The maximum Gasteiger partial charge on any atom is 0.0741 e. The summed E-state index contributed by atoms with van der Waals surface area (Å²) in [4.78, 5) is 2.39. The minimum absolute atomic E-state index is 0.664.